The molecule has 0 aliphatic carbocycles. The van der Waals surface area contributed by atoms with Crippen LogP contribution in [0.5, 0.6) is 5.75 Å². The molecule has 2 saturated heterocycles. The smallest absolute Gasteiger partial charge is 0.271 e. The van der Waals surface area contributed by atoms with Crippen LogP contribution in [0, 0.1) is 32.1 Å². The van der Waals surface area contributed by atoms with Crippen molar-refractivity contribution < 1.29 is 29.0 Å². The van der Waals surface area contributed by atoms with Crippen molar-refractivity contribution in [2.75, 3.05) is 12.0 Å². The second-order valence-corrected chi connectivity index (χ2v) is 8.31. The third kappa shape index (κ3) is 3.32. The monoisotopic (exact) mass is 491 g/mol. The molecule has 2 amide bonds. The number of hydrazone groups is 1. The summed E-state index contributed by atoms with van der Waals surface area (Å²) in [5.41, 5.74) is -0.764. The second-order valence-electron chi connectivity index (χ2n) is 8.31. The molecule has 0 N–H and O–H groups in total. The first kappa shape index (κ1) is 22.8. The SMILES string of the molecule is COc1ccc([N+](=O)[O-])cc1N1C(=O)[C@@H]2[C@H](C1=O)[C@@H]1C=CC=NN1[C@@H]2C(=O)c1cccc([N+](=O)[O-])c1. The van der Waals surface area contributed by atoms with Gasteiger partial charge in [0.25, 0.3) is 11.4 Å². The van der Waals surface area contributed by atoms with E-state index in [4.69, 9.17) is 4.74 Å². The van der Waals surface area contributed by atoms with E-state index in [1.807, 2.05) is 0 Å². The molecule has 2 aromatic carbocycles. The maximum atomic E-state index is 13.7. The van der Waals surface area contributed by atoms with E-state index in [0.29, 0.717) is 0 Å². The summed E-state index contributed by atoms with van der Waals surface area (Å²) in [5.74, 6) is -4.14. The van der Waals surface area contributed by atoms with Crippen molar-refractivity contribution in [1.82, 2.24) is 5.01 Å². The quantitative estimate of drug-likeness (QED) is 0.254. The van der Waals surface area contributed by atoms with E-state index < -0.39 is 51.4 Å². The number of hydrogen-bond acceptors (Lipinski definition) is 10. The number of ketones is 1. The molecule has 0 radical (unpaired) electrons. The van der Waals surface area contributed by atoms with Gasteiger partial charge >= 0.3 is 0 Å². The molecule has 0 spiro atoms. The normalized spacial score (nSPS) is 24.0. The third-order valence-electron chi connectivity index (χ3n) is 6.52. The van der Waals surface area contributed by atoms with E-state index in [9.17, 15) is 34.6 Å². The number of fused-ring (bicyclic) bond motifs is 3. The molecule has 182 valence electrons. The van der Waals surface area contributed by atoms with Gasteiger partial charge in [-0.15, -0.1) is 0 Å². The zero-order valence-corrected chi connectivity index (χ0v) is 18.6. The molecule has 0 unspecified atom stereocenters. The number of Topliss-reactive ketones (excluding diaryl/α,β-unsaturated/α-hetero) is 1. The average Bonchev–Trinajstić information content (AvgIpc) is 3.35. The van der Waals surface area contributed by atoms with Crippen LogP contribution < -0.4 is 9.64 Å². The molecule has 3 aliphatic heterocycles. The number of carbonyl (C=O) groups excluding carboxylic acids is 3. The predicted molar refractivity (Wildman–Crippen MR) is 124 cm³/mol. The predicted octanol–water partition coefficient (Wildman–Crippen LogP) is 2.11. The number of amides is 2. The van der Waals surface area contributed by atoms with Gasteiger partial charge in [-0.2, -0.15) is 5.10 Å². The maximum Gasteiger partial charge on any atom is 0.271 e. The van der Waals surface area contributed by atoms with Gasteiger partial charge in [-0.05, 0) is 12.1 Å². The highest BCUT2D eigenvalue weighted by Gasteiger charge is 2.64. The Balaban J connectivity index is 1.60. The topological polar surface area (TPSA) is 166 Å². The van der Waals surface area contributed by atoms with Gasteiger partial charge in [-0.1, -0.05) is 18.2 Å². The summed E-state index contributed by atoms with van der Waals surface area (Å²) in [6.07, 6.45) is 4.65. The van der Waals surface area contributed by atoms with Crippen LogP contribution in [0.1, 0.15) is 10.4 Å². The number of nitrogens with zero attached hydrogens (tertiary/aromatic N) is 5. The highest BCUT2D eigenvalue weighted by atomic mass is 16.6. The number of ether oxygens (including phenoxy) is 1. The fourth-order valence-electron chi connectivity index (χ4n) is 4.98. The van der Waals surface area contributed by atoms with Gasteiger partial charge < -0.3 is 4.74 Å². The summed E-state index contributed by atoms with van der Waals surface area (Å²) in [6, 6.07) is 6.66. The van der Waals surface area contributed by atoms with Crippen molar-refractivity contribution >= 4 is 40.9 Å². The molecule has 3 heterocycles. The van der Waals surface area contributed by atoms with Crippen LogP contribution in [0.25, 0.3) is 0 Å². The van der Waals surface area contributed by atoms with E-state index in [2.05, 4.69) is 5.10 Å². The van der Waals surface area contributed by atoms with Crippen LogP contribution >= 0.6 is 0 Å². The molecule has 13 heteroatoms. The molecule has 13 nitrogen and oxygen atoms in total. The van der Waals surface area contributed by atoms with Gasteiger partial charge in [0.2, 0.25) is 11.8 Å². The third-order valence-corrected chi connectivity index (χ3v) is 6.52. The number of anilines is 1. The van der Waals surface area contributed by atoms with Gasteiger partial charge in [0.1, 0.15) is 17.5 Å². The second kappa shape index (κ2) is 8.37. The highest BCUT2D eigenvalue weighted by Crippen LogP contribution is 2.48. The lowest BCUT2D eigenvalue weighted by molar-refractivity contribution is -0.385. The Morgan fingerprint density at radius 1 is 1.00 bits per heavy atom. The van der Waals surface area contributed by atoms with Crippen molar-refractivity contribution in [3.8, 4) is 5.75 Å². The number of benzene rings is 2. The van der Waals surface area contributed by atoms with Crippen LogP contribution in [0.3, 0.4) is 0 Å². The molecule has 3 aliphatic rings. The molecule has 36 heavy (non-hydrogen) atoms. The summed E-state index contributed by atoms with van der Waals surface area (Å²) >= 11 is 0. The first-order chi connectivity index (χ1) is 17.2. The number of methoxy groups -OCH3 is 1. The summed E-state index contributed by atoms with van der Waals surface area (Å²) in [5, 5.41) is 28.2. The number of nitro benzene ring substituents is 2. The molecule has 4 atom stereocenters. The van der Waals surface area contributed by atoms with Crippen LogP contribution in [0.4, 0.5) is 17.1 Å². The lowest BCUT2D eigenvalue weighted by Gasteiger charge is -2.30. The van der Waals surface area contributed by atoms with E-state index in [1.165, 1.54) is 48.7 Å². The minimum Gasteiger partial charge on any atom is -0.495 e. The lowest BCUT2D eigenvalue weighted by Crippen LogP contribution is -2.46. The number of non-ortho nitro benzene ring substituents is 2. The Morgan fingerprint density at radius 3 is 2.39 bits per heavy atom. The minimum absolute atomic E-state index is 0.00928. The average molecular weight is 491 g/mol. The summed E-state index contributed by atoms with van der Waals surface area (Å²) in [4.78, 5) is 63.0. The van der Waals surface area contributed by atoms with Crippen LogP contribution in [-0.2, 0) is 9.59 Å². The Labute approximate surface area is 202 Å². The Bertz CT molecular complexity index is 1400. The van der Waals surface area contributed by atoms with Crippen molar-refractivity contribution in [2.24, 2.45) is 16.9 Å². The van der Waals surface area contributed by atoms with E-state index in [1.54, 1.807) is 12.2 Å². The Morgan fingerprint density at radius 2 is 1.69 bits per heavy atom. The van der Waals surface area contributed by atoms with Crippen LogP contribution in [-0.4, -0.2) is 57.9 Å². The van der Waals surface area contributed by atoms with Crippen molar-refractivity contribution in [3.05, 3.63) is 80.4 Å². The Kier molecular flexibility index (Phi) is 5.31. The van der Waals surface area contributed by atoms with Crippen LogP contribution in [0.2, 0.25) is 0 Å². The molecule has 0 saturated carbocycles. The van der Waals surface area contributed by atoms with E-state index >= 15 is 0 Å². The minimum atomic E-state index is -1.23. The number of rotatable bonds is 6. The Hall–Kier alpha value is -4.94. The van der Waals surface area contributed by atoms with Gasteiger partial charge in [0, 0.05) is 36.0 Å². The number of imide groups is 1. The first-order valence-corrected chi connectivity index (χ1v) is 10.7. The molecule has 2 fully saturated rings. The zero-order valence-electron chi connectivity index (χ0n) is 18.6. The zero-order chi connectivity index (χ0) is 25.7. The number of allylic oxidation sites excluding steroid dienone is 1. The standard InChI is InChI=1S/C23H17N5O8/c1-36-17-8-7-14(28(34)35)11-16(17)25-22(30)18-15-6-3-9-24-26(15)20(19(18)23(25)31)21(29)12-4-2-5-13(10-12)27(32)33/h2-11,15,18-20H,1H3/t15-,18+,19+,20-/m0/s1. The first-order valence-electron chi connectivity index (χ1n) is 10.7. The summed E-state index contributed by atoms with van der Waals surface area (Å²) < 4.78 is 5.25. The molecule has 0 aromatic heterocycles. The van der Waals surface area contributed by atoms with Crippen molar-refractivity contribution in [2.45, 2.75) is 12.1 Å². The van der Waals surface area contributed by atoms with Gasteiger partial charge in [-0.25, -0.2) is 4.90 Å². The summed E-state index contributed by atoms with van der Waals surface area (Å²) in [7, 11) is 1.30. The molecular formula is C23H17N5O8. The van der Waals surface area contributed by atoms with Gasteiger partial charge in [-0.3, -0.25) is 39.6 Å². The fraction of sp³-hybridized carbons (Fsp3) is 0.217. The maximum absolute atomic E-state index is 13.7. The van der Waals surface area contributed by atoms with Crippen LogP contribution in [0.15, 0.2) is 59.7 Å². The van der Waals surface area contributed by atoms with E-state index in [0.717, 1.165) is 17.0 Å². The fourth-order valence-corrected chi connectivity index (χ4v) is 4.98. The van der Waals surface area contributed by atoms with Gasteiger partial charge in [0.05, 0.1) is 34.8 Å². The number of carbonyl (C=O) groups is 3. The number of hydrogen-bond donors (Lipinski definition) is 0. The lowest BCUT2D eigenvalue weighted by atomic mass is 9.86. The summed E-state index contributed by atoms with van der Waals surface area (Å²) in [6.45, 7) is 0. The molecule has 2 aromatic rings. The largest absolute Gasteiger partial charge is 0.495 e. The number of nitro groups is 2. The molecular weight excluding hydrogens is 474 g/mol. The van der Waals surface area contributed by atoms with Crippen molar-refractivity contribution in [1.29, 1.82) is 0 Å². The van der Waals surface area contributed by atoms with Crippen molar-refractivity contribution in [3.63, 3.8) is 0 Å². The molecule has 5 rings (SSSR count). The molecule has 0 bridgehead atoms. The van der Waals surface area contributed by atoms with Gasteiger partial charge in [0.15, 0.2) is 5.78 Å². The highest BCUT2D eigenvalue weighted by molar-refractivity contribution is 6.25. The van der Waals surface area contributed by atoms with E-state index in [-0.39, 0.29) is 28.4 Å².